The molecule has 27 heavy (non-hydrogen) atoms. The van der Waals surface area contributed by atoms with Gasteiger partial charge >= 0.3 is 0 Å². The molecule has 6 heteroatoms. The number of nitrogens with one attached hydrogen (secondary N) is 1. The van der Waals surface area contributed by atoms with Crippen molar-refractivity contribution >= 4 is 11.8 Å². The van der Waals surface area contributed by atoms with E-state index in [0.29, 0.717) is 6.61 Å². The fourth-order valence-electron chi connectivity index (χ4n) is 3.82. The zero-order chi connectivity index (χ0) is 19.1. The van der Waals surface area contributed by atoms with Crippen LogP contribution in [-0.4, -0.2) is 67.0 Å². The molecule has 2 amide bonds. The highest BCUT2D eigenvalue weighted by molar-refractivity contribution is 5.86. The van der Waals surface area contributed by atoms with Crippen molar-refractivity contribution in [3.63, 3.8) is 0 Å². The van der Waals surface area contributed by atoms with Gasteiger partial charge in [-0.3, -0.25) is 14.5 Å². The van der Waals surface area contributed by atoms with E-state index in [4.69, 9.17) is 4.74 Å². The van der Waals surface area contributed by atoms with Gasteiger partial charge in [-0.2, -0.15) is 0 Å². The number of piperazine rings is 1. The molecular weight excluding hydrogens is 342 g/mol. The van der Waals surface area contributed by atoms with E-state index in [1.54, 1.807) is 0 Å². The summed E-state index contributed by atoms with van der Waals surface area (Å²) in [6.45, 7) is 6.90. The summed E-state index contributed by atoms with van der Waals surface area (Å²) in [7, 11) is 0. The number of hydrogen-bond donors (Lipinski definition) is 1. The van der Waals surface area contributed by atoms with Crippen LogP contribution in [0.4, 0.5) is 0 Å². The van der Waals surface area contributed by atoms with E-state index in [1.165, 1.54) is 5.56 Å². The number of nitrogens with zero attached hydrogens (tertiary/aromatic N) is 2. The number of benzene rings is 1. The molecule has 0 spiro atoms. The maximum absolute atomic E-state index is 12.4. The van der Waals surface area contributed by atoms with Gasteiger partial charge in [-0.15, -0.1) is 0 Å². The number of ether oxygens (including phenoxy) is 1. The average Bonchev–Trinajstić information content (AvgIpc) is 2.73. The van der Waals surface area contributed by atoms with Gasteiger partial charge in [0.05, 0.1) is 12.6 Å². The lowest BCUT2D eigenvalue weighted by Gasteiger charge is -2.35. The Morgan fingerprint density at radius 2 is 1.89 bits per heavy atom. The summed E-state index contributed by atoms with van der Waals surface area (Å²) in [5.74, 6) is -0.0196. The maximum atomic E-state index is 12.4. The van der Waals surface area contributed by atoms with Gasteiger partial charge in [-0.1, -0.05) is 37.3 Å². The highest BCUT2D eigenvalue weighted by Gasteiger charge is 2.28. The molecule has 6 nitrogen and oxygen atoms in total. The molecule has 3 rings (SSSR count). The Labute approximate surface area is 161 Å². The van der Waals surface area contributed by atoms with Crippen LogP contribution in [-0.2, 0) is 20.9 Å². The van der Waals surface area contributed by atoms with Crippen molar-refractivity contribution in [3.05, 3.63) is 35.9 Å². The van der Waals surface area contributed by atoms with Crippen LogP contribution in [0.1, 0.15) is 31.7 Å². The van der Waals surface area contributed by atoms with Crippen molar-refractivity contribution in [2.45, 2.75) is 38.8 Å². The molecule has 0 radical (unpaired) electrons. The molecule has 2 saturated heterocycles. The van der Waals surface area contributed by atoms with Crippen molar-refractivity contribution in [1.82, 2.24) is 15.1 Å². The quantitative estimate of drug-likeness (QED) is 0.824. The summed E-state index contributed by atoms with van der Waals surface area (Å²) >= 11 is 0. The topological polar surface area (TPSA) is 61.9 Å². The molecule has 1 aromatic rings. The largest absolute Gasteiger partial charge is 0.378 e. The van der Waals surface area contributed by atoms with Crippen LogP contribution in [0.25, 0.3) is 0 Å². The molecule has 0 aliphatic carbocycles. The van der Waals surface area contributed by atoms with Crippen LogP contribution in [0.15, 0.2) is 30.3 Å². The SMILES string of the molecule is CCC1CC(C(=O)NCC(=O)N2CCN(Cc3ccccc3)CC2)CCO1. The van der Waals surface area contributed by atoms with E-state index in [9.17, 15) is 9.59 Å². The van der Waals surface area contributed by atoms with Gasteiger partial charge in [0.1, 0.15) is 0 Å². The van der Waals surface area contributed by atoms with Crippen molar-refractivity contribution < 1.29 is 14.3 Å². The van der Waals surface area contributed by atoms with Crippen LogP contribution in [0.2, 0.25) is 0 Å². The predicted octanol–water partition coefficient (Wildman–Crippen LogP) is 1.65. The number of amides is 2. The summed E-state index contributed by atoms with van der Waals surface area (Å²) in [5.41, 5.74) is 1.30. The Hall–Kier alpha value is -1.92. The van der Waals surface area contributed by atoms with Crippen LogP contribution >= 0.6 is 0 Å². The molecule has 2 heterocycles. The van der Waals surface area contributed by atoms with E-state index >= 15 is 0 Å². The summed E-state index contributed by atoms with van der Waals surface area (Å²) in [6.07, 6.45) is 2.60. The van der Waals surface area contributed by atoms with Crippen molar-refractivity contribution in [3.8, 4) is 0 Å². The number of hydrogen-bond acceptors (Lipinski definition) is 4. The number of rotatable bonds is 6. The van der Waals surface area contributed by atoms with Gasteiger partial charge in [0.2, 0.25) is 11.8 Å². The predicted molar refractivity (Wildman–Crippen MR) is 104 cm³/mol. The summed E-state index contributed by atoms with van der Waals surface area (Å²) in [5, 5.41) is 2.85. The highest BCUT2D eigenvalue weighted by atomic mass is 16.5. The molecular formula is C21H31N3O3. The van der Waals surface area contributed by atoms with Crippen LogP contribution in [0, 0.1) is 5.92 Å². The first-order valence-electron chi connectivity index (χ1n) is 10.1. The molecule has 0 bridgehead atoms. The monoisotopic (exact) mass is 373 g/mol. The maximum Gasteiger partial charge on any atom is 0.242 e. The summed E-state index contributed by atoms with van der Waals surface area (Å²) in [6, 6.07) is 10.4. The average molecular weight is 373 g/mol. The highest BCUT2D eigenvalue weighted by Crippen LogP contribution is 2.22. The second-order valence-corrected chi connectivity index (χ2v) is 7.48. The first kappa shape index (κ1) is 19.8. The fraction of sp³-hybridized carbons (Fsp3) is 0.619. The molecule has 2 unspecified atom stereocenters. The van der Waals surface area contributed by atoms with E-state index < -0.39 is 0 Å². The van der Waals surface area contributed by atoms with Gasteiger partial charge in [0.15, 0.2) is 0 Å². The van der Waals surface area contributed by atoms with Crippen LogP contribution in [0.5, 0.6) is 0 Å². The van der Waals surface area contributed by atoms with Crippen molar-refractivity contribution in [2.24, 2.45) is 5.92 Å². The third kappa shape index (κ3) is 5.78. The van der Waals surface area contributed by atoms with E-state index in [-0.39, 0.29) is 30.4 Å². The number of carbonyl (C=O) groups excluding carboxylic acids is 2. The minimum atomic E-state index is -0.0285. The van der Waals surface area contributed by atoms with Crippen LogP contribution in [0.3, 0.4) is 0 Å². The Balaban J connectivity index is 1.37. The first-order chi connectivity index (χ1) is 13.2. The Morgan fingerprint density at radius 1 is 1.15 bits per heavy atom. The summed E-state index contributed by atoms with van der Waals surface area (Å²) < 4.78 is 5.62. The Morgan fingerprint density at radius 3 is 2.59 bits per heavy atom. The third-order valence-corrected chi connectivity index (χ3v) is 5.58. The minimum Gasteiger partial charge on any atom is -0.378 e. The molecule has 2 atom stereocenters. The molecule has 148 valence electrons. The Bertz CT molecular complexity index is 614. The second kappa shape index (κ2) is 9.85. The fourth-order valence-corrected chi connectivity index (χ4v) is 3.82. The van der Waals surface area contributed by atoms with E-state index in [1.807, 2.05) is 11.0 Å². The minimum absolute atomic E-state index is 0.00665. The standard InChI is InChI=1S/C21H31N3O3/c1-2-19-14-18(8-13-27-19)21(26)22-15-20(25)24-11-9-23(10-12-24)16-17-6-4-3-5-7-17/h3-7,18-19H,2,8-16H2,1H3,(H,22,26). The third-order valence-electron chi connectivity index (χ3n) is 5.58. The summed E-state index contributed by atoms with van der Waals surface area (Å²) in [4.78, 5) is 29.0. The van der Waals surface area contributed by atoms with Gasteiger partial charge < -0.3 is 15.0 Å². The molecule has 1 aromatic carbocycles. The van der Waals surface area contributed by atoms with Gasteiger partial charge in [-0.05, 0) is 24.8 Å². The Kier molecular flexibility index (Phi) is 7.24. The molecule has 0 aromatic heterocycles. The first-order valence-corrected chi connectivity index (χ1v) is 10.1. The molecule has 0 saturated carbocycles. The van der Waals surface area contributed by atoms with Crippen molar-refractivity contribution in [2.75, 3.05) is 39.3 Å². The molecule has 2 aliphatic rings. The molecule has 1 N–H and O–H groups in total. The normalized spacial score (nSPS) is 23.8. The second-order valence-electron chi connectivity index (χ2n) is 7.48. The zero-order valence-electron chi connectivity index (χ0n) is 16.2. The zero-order valence-corrected chi connectivity index (χ0v) is 16.2. The van der Waals surface area contributed by atoms with Gasteiger partial charge in [0.25, 0.3) is 0 Å². The lowest BCUT2D eigenvalue weighted by Crippen LogP contribution is -2.51. The van der Waals surface area contributed by atoms with Gasteiger partial charge in [-0.25, -0.2) is 0 Å². The lowest BCUT2D eigenvalue weighted by molar-refractivity contribution is -0.136. The van der Waals surface area contributed by atoms with E-state index in [0.717, 1.165) is 52.0 Å². The number of carbonyl (C=O) groups is 2. The van der Waals surface area contributed by atoms with Crippen molar-refractivity contribution in [1.29, 1.82) is 0 Å². The van der Waals surface area contributed by atoms with Crippen LogP contribution < -0.4 is 5.32 Å². The van der Waals surface area contributed by atoms with E-state index in [2.05, 4.69) is 41.4 Å². The molecule has 2 aliphatic heterocycles. The molecule has 2 fully saturated rings. The lowest BCUT2D eigenvalue weighted by atomic mass is 9.93. The smallest absolute Gasteiger partial charge is 0.242 e. The van der Waals surface area contributed by atoms with Gasteiger partial charge in [0, 0.05) is 45.2 Å².